The van der Waals surface area contributed by atoms with Gasteiger partial charge in [-0.25, -0.2) is 0 Å². The fourth-order valence-corrected chi connectivity index (χ4v) is 3.28. The largest absolute Gasteiger partial charge is 0.294 e. The molecule has 0 spiro atoms. The first kappa shape index (κ1) is 10.5. The summed E-state index contributed by atoms with van der Waals surface area (Å²) >= 11 is 0. The summed E-state index contributed by atoms with van der Waals surface area (Å²) in [6, 6.07) is 2.48. The van der Waals surface area contributed by atoms with Crippen LogP contribution in [0.1, 0.15) is 53.9 Å². The van der Waals surface area contributed by atoms with E-state index in [0.717, 1.165) is 24.0 Å². The first-order valence-corrected chi connectivity index (χ1v) is 6.18. The van der Waals surface area contributed by atoms with Gasteiger partial charge in [-0.1, -0.05) is 20.8 Å². The Morgan fingerprint density at radius 1 is 1.14 bits per heavy atom. The molecule has 1 nitrogen and oxygen atoms in total. The van der Waals surface area contributed by atoms with Gasteiger partial charge in [0, 0.05) is 18.1 Å². The van der Waals surface area contributed by atoms with Crippen LogP contribution in [0.3, 0.4) is 0 Å². The molecule has 1 heteroatoms. The second-order valence-electron chi connectivity index (χ2n) is 6.56. The number of hydrogen-bond acceptors (Lipinski definition) is 1. The van der Waals surface area contributed by atoms with Crippen LogP contribution in [0.4, 0.5) is 0 Å². The zero-order valence-corrected chi connectivity index (χ0v) is 10.4. The van der Waals surface area contributed by atoms with E-state index >= 15 is 0 Å². The van der Waals surface area contributed by atoms with Crippen LogP contribution >= 0.6 is 0 Å². The molecule has 0 radical (unpaired) electrons. The fraction of sp³-hybridized carbons (Fsp3) is 1.00. The zero-order valence-electron chi connectivity index (χ0n) is 10.4. The van der Waals surface area contributed by atoms with E-state index in [1.165, 1.54) is 19.3 Å². The Balaban J connectivity index is 2.14. The monoisotopic (exact) mass is 195 g/mol. The van der Waals surface area contributed by atoms with Crippen molar-refractivity contribution in [3.05, 3.63) is 0 Å². The van der Waals surface area contributed by atoms with Crippen molar-refractivity contribution in [1.82, 2.24) is 4.90 Å². The molecule has 1 saturated carbocycles. The number of rotatable bonds is 1. The van der Waals surface area contributed by atoms with Gasteiger partial charge in [-0.15, -0.1) is 0 Å². The van der Waals surface area contributed by atoms with E-state index in [-0.39, 0.29) is 0 Å². The maximum absolute atomic E-state index is 2.80. The highest BCUT2D eigenvalue weighted by molar-refractivity contribution is 5.05. The molecule has 0 aromatic heterocycles. The van der Waals surface area contributed by atoms with Gasteiger partial charge in [-0.2, -0.15) is 0 Å². The van der Waals surface area contributed by atoms with Gasteiger partial charge in [0.05, 0.1) is 0 Å². The Morgan fingerprint density at radius 2 is 1.79 bits per heavy atom. The topological polar surface area (TPSA) is 3.24 Å². The number of fused-ring (bicyclic) bond motifs is 1. The Morgan fingerprint density at radius 3 is 2.29 bits per heavy atom. The van der Waals surface area contributed by atoms with Gasteiger partial charge in [0.15, 0.2) is 0 Å². The smallest absolute Gasteiger partial charge is 0.0150 e. The van der Waals surface area contributed by atoms with Crippen molar-refractivity contribution in [1.29, 1.82) is 0 Å². The summed E-state index contributed by atoms with van der Waals surface area (Å²) in [7, 11) is 0. The molecule has 1 heterocycles. The summed E-state index contributed by atoms with van der Waals surface area (Å²) < 4.78 is 0. The Labute approximate surface area is 88.9 Å². The lowest BCUT2D eigenvalue weighted by atomic mass is 9.80. The number of likely N-dealkylation sites (tertiary alicyclic amines) is 1. The lowest BCUT2D eigenvalue weighted by Gasteiger charge is -2.45. The summed E-state index contributed by atoms with van der Waals surface area (Å²) in [4.78, 5) is 2.80. The molecule has 82 valence electrons. The van der Waals surface area contributed by atoms with Gasteiger partial charge < -0.3 is 0 Å². The predicted octanol–water partition coefficient (Wildman–Crippen LogP) is 3.29. The maximum Gasteiger partial charge on any atom is 0.0150 e. The molecular weight excluding hydrogens is 170 g/mol. The van der Waals surface area contributed by atoms with Gasteiger partial charge in [0.2, 0.25) is 0 Å². The molecule has 3 atom stereocenters. The van der Waals surface area contributed by atoms with Crippen molar-refractivity contribution >= 4 is 0 Å². The summed E-state index contributed by atoms with van der Waals surface area (Å²) in [6.45, 7) is 11.9. The van der Waals surface area contributed by atoms with E-state index in [2.05, 4.69) is 39.5 Å². The van der Waals surface area contributed by atoms with E-state index in [0.29, 0.717) is 5.41 Å². The van der Waals surface area contributed by atoms with Crippen LogP contribution in [0.25, 0.3) is 0 Å². The van der Waals surface area contributed by atoms with Crippen molar-refractivity contribution in [2.24, 2.45) is 11.3 Å². The van der Waals surface area contributed by atoms with E-state index in [4.69, 9.17) is 0 Å². The Kier molecular flexibility index (Phi) is 2.42. The van der Waals surface area contributed by atoms with Crippen molar-refractivity contribution in [2.45, 2.75) is 72.0 Å². The highest BCUT2D eigenvalue weighted by Crippen LogP contribution is 2.49. The normalized spacial score (nSPS) is 38.6. The molecular formula is C13H25N. The minimum Gasteiger partial charge on any atom is -0.294 e. The summed E-state index contributed by atoms with van der Waals surface area (Å²) in [5, 5.41) is 0. The quantitative estimate of drug-likeness (QED) is 0.620. The molecule has 2 fully saturated rings. The molecule has 2 rings (SSSR count). The lowest BCUT2D eigenvalue weighted by molar-refractivity contribution is 0.0308. The molecule has 0 N–H and O–H groups in total. The van der Waals surface area contributed by atoms with Crippen LogP contribution < -0.4 is 0 Å². The van der Waals surface area contributed by atoms with Gasteiger partial charge in [0.1, 0.15) is 0 Å². The fourth-order valence-electron chi connectivity index (χ4n) is 3.28. The molecule has 14 heavy (non-hydrogen) atoms. The average Bonchev–Trinajstić information content (AvgIpc) is 2.77. The molecule has 1 aliphatic carbocycles. The minimum absolute atomic E-state index is 0.456. The predicted molar refractivity (Wildman–Crippen MR) is 61.3 cm³/mol. The summed E-state index contributed by atoms with van der Waals surface area (Å²) in [5.41, 5.74) is 0.456. The van der Waals surface area contributed by atoms with Crippen LogP contribution in [0, 0.1) is 11.3 Å². The van der Waals surface area contributed by atoms with E-state index in [1.807, 2.05) is 0 Å². The van der Waals surface area contributed by atoms with Crippen LogP contribution in [0.5, 0.6) is 0 Å². The molecule has 2 aliphatic rings. The van der Waals surface area contributed by atoms with E-state index in [1.54, 1.807) is 0 Å². The number of piperidine rings is 1. The standard InChI is InChI=1S/C13H25N/c1-9(2)14-11-8-10(11)6-7-12(14)13(3,4)5/h9-12H,6-8H2,1-5H3. The molecule has 0 aromatic carbocycles. The van der Waals surface area contributed by atoms with Crippen LogP contribution in [-0.2, 0) is 0 Å². The molecule has 1 saturated heterocycles. The van der Waals surface area contributed by atoms with Gasteiger partial charge in [0.25, 0.3) is 0 Å². The highest BCUT2D eigenvalue weighted by atomic mass is 15.3. The van der Waals surface area contributed by atoms with Crippen LogP contribution in [0.2, 0.25) is 0 Å². The molecule has 1 aliphatic heterocycles. The first-order valence-electron chi connectivity index (χ1n) is 6.18. The maximum atomic E-state index is 2.80. The third-order valence-electron chi connectivity index (χ3n) is 4.03. The van der Waals surface area contributed by atoms with Crippen LogP contribution in [0.15, 0.2) is 0 Å². The zero-order chi connectivity index (χ0) is 10.5. The van der Waals surface area contributed by atoms with E-state index in [9.17, 15) is 0 Å². The van der Waals surface area contributed by atoms with Gasteiger partial charge in [-0.3, -0.25) is 4.90 Å². The third kappa shape index (κ3) is 1.71. The van der Waals surface area contributed by atoms with Crippen molar-refractivity contribution in [3.63, 3.8) is 0 Å². The number of hydrogen-bond donors (Lipinski definition) is 0. The third-order valence-corrected chi connectivity index (χ3v) is 4.03. The van der Waals surface area contributed by atoms with E-state index < -0.39 is 0 Å². The van der Waals surface area contributed by atoms with Crippen molar-refractivity contribution in [3.8, 4) is 0 Å². The minimum atomic E-state index is 0.456. The van der Waals surface area contributed by atoms with Crippen molar-refractivity contribution in [2.75, 3.05) is 0 Å². The average molecular weight is 195 g/mol. The SMILES string of the molecule is CC(C)N1C2CC2CCC1C(C)(C)C. The highest BCUT2D eigenvalue weighted by Gasteiger charge is 2.50. The second-order valence-corrected chi connectivity index (χ2v) is 6.56. The number of nitrogens with zero attached hydrogens (tertiary/aromatic N) is 1. The van der Waals surface area contributed by atoms with Crippen LogP contribution in [-0.4, -0.2) is 23.0 Å². The summed E-state index contributed by atoms with van der Waals surface area (Å²) in [5.74, 6) is 1.05. The molecule has 0 amide bonds. The molecule has 3 unspecified atom stereocenters. The Hall–Kier alpha value is -0.0400. The summed E-state index contributed by atoms with van der Waals surface area (Å²) in [6.07, 6.45) is 4.38. The van der Waals surface area contributed by atoms with Crippen molar-refractivity contribution < 1.29 is 0 Å². The van der Waals surface area contributed by atoms with Gasteiger partial charge in [-0.05, 0) is 44.4 Å². The first-order chi connectivity index (χ1) is 6.41. The second kappa shape index (κ2) is 3.23. The van der Waals surface area contributed by atoms with Gasteiger partial charge >= 0.3 is 0 Å². The molecule has 0 bridgehead atoms. The molecule has 0 aromatic rings. The Bertz CT molecular complexity index is 214. The lowest BCUT2D eigenvalue weighted by Crippen LogP contribution is -2.51.